The van der Waals surface area contributed by atoms with Gasteiger partial charge in [0, 0.05) is 12.0 Å². The van der Waals surface area contributed by atoms with Crippen LogP contribution in [0.4, 0.5) is 0 Å². The van der Waals surface area contributed by atoms with Crippen molar-refractivity contribution in [2.24, 2.45) is 17.6 Å². The summed E-state index contributed by atoms with van der Waals surface area (Å²) in [6.45, 7) is 0.543. The second kappa shape index (κ2) is 4.94. The number of nitrogens with two attached hydrogens (primary N) is 1. The average Bonchev–Trinajstić information content (AvgIpc) is 2.84. The van der Waals surface area contributed by atoms with Crippen LogP contribution in [0.15, 0.2) is 0 Å². The first-order chi connectivity index (χ1) is 8.02. The van der Waals surface area contributed by atoms with Gasteiger partial charge in [-0.3, -0.25) is 4.79 Å². The number of rotatable bonds is 3. The lowest BCUT2D eigenvalue weighted by molar-refractivity contribution is -0.126. The van der Waals surface area contributed by atoms with E-state index in [1.807, 2.05) is 0 Å². The molecule has 0 aromatic heterocycles. The van der Waals surface area contributed by atoms with Gasteiger partial charge in [0.15, 0.2) is 9.84 Å². The van der Waals surface area contributed by atoms with E-state index in [-0.39, 0.29) is 35.3 Å². The molecule has 1 saturated carbocycles. The Hall–Kier alpha value is -0.620. The standard InChI is InChI=1S/C11H20N2O3S/c12-6-8-2-1-3-10(8)11(14)13-9-4-5-17(15,16)7-9/h8-10H,1-7,12H2,(H,13,14). The Bertz CT molecular complexity index is 394. The van der Waals surface area contributed by atoms with Gasteiger partial charge in [0.1, 0.15) is 0 Å². The molecular formula is C11H20N2O3S. The topological polar surface area (TPSA) is 89.3 Å². The second-order valence-electron chi connectivity index (χ2n) is 5.14. The van der Waals surface area contributed by atoms with E-state index < -0.39 is 9.84 Å². The zero-order valence-electron chi connectivity index (χ0n) is 9.89. The summed E-state index contributed by atoms with van der Waals surface area (Å²) >= 11 is 0. The highest BCUT2D eigenvalue weighted by Crippen LogP contribution is 2.31. The Kier molecular flexibility index (Phi) is 3.73. The van der Waals surface area contributed by atoms with Crippen molar-refractivity contribution in [3.8, 4) is 0 Å². The van der Waals surface area contributed by atoms with Gasteiger partial charge in [-0.2, -0.15) is 0 Å². The summed E-state index contributed by atoms with van der Waals surface area (Å²) in [4.78, 5) is 12.0. The molecule has 1 aliphatic carbocycles. The maximum Gasteiger partial charge on any atom is 0.223 e. The van der Waals surface area contributed by atoms with Crippen LogP contribution in [0.2, 0.25) is 0 Å². The maximum absolute atomic E-state index is 12.0. The molecule has 0 aromatic rings. The lowest BCUT2D eigenvalue weighted by atomic mass is 9.95. The Morgan fingerprint density at radius 3 is 2.65 bits per heavy atom. The van der Waals surface area contributed by atoms with E-state index in [9.17, 15) is 13.2 Å². The first kappa shape index (κ1) is 12.8. The zero-order valence-corrected chi connectivity index (χ0v) is 10.7. The number of nitrogens with one attached hydrogen (secondary N) is 1. The van der Waals surface area contributed by atoms with Gasteiger partial charge in [0.2, 0.25) is 5.91 Å². The Labute approximate surface area is 102 Å². The summed E-state index contributed by atoms with van der Waals surface area (Å²) in [5.74, 6) is 0.554. The molecule has 3 atom stereocenters. The van der Waals surface area contributed by atoms with Crippen LogP contribution in [0.3, 0.4) is 0 Å². The van der Waals surface area contributed by atoms with Gasteiger partial charge in [-0.05, 0) is 31.7 Å². The van der Waals surface area contributed by atoms with Crippen LogP contribution in [-0.2, 0) is 14.6 Å². The van der Waals surface area contributed by atoms with E-state index in [4.69, 9.17) is 5.73 Å². The van der Waals surface area contributed by atoms with Crippen molar-refractivity contribution in [1.29, 1.82) is 0 Å². The molecule has 1 aliphatic heterocycles. The summed E-state index contributed by atoms with van der Waals surface area (Å²) in [6, 6.07) is -0.188. The molecular weight excluding hydrogens is 240 g/mol. The number of amides is 1. The Morgan fingerprint density at radius 2 is 2.06 bits per heavy atom. The molecule has 3 unspecified atom stereocenters. The van der Waals surface area contributed by atoms with Gasteiger partial charge in [0.25, 0.3) is 0 Å². The minimum Gasteiger partial charge on any atom is -0.352 e. The van der Waals surface area contributed by atoms with Crippen molar-refractivity contribution in [3.05, 3.63) is 0 Å². The smallest absolute Gasteiger partial charge is 0.223 e. The van der Waals surface area contributed by atoms with Crippen LogP contribution in [0.25, 0.3) is 0 Å². The first-order valence-corrected chi connectivity index (χ1v) is 8.05. The van der Waals surface area contributed by atoms with Crippen LogP contribution in [0.1, 0.15) is 25.7 Å². The fourth-order valence-electron chi connectivity index (χ4n) is 2.88. The van der Waals surface area contributed by atoms with Gasteiger partial charge >= 0.3 is 0 Å². The molecule has 2 fully saturated rings. The predicted octanol–water partition coefficient (Wildman–Crippen LogP) is -0.335. The van der Waals surface area contributed by atoms with Crippen LogP contribution in [0.5, 0.6) is 0 Å². The van der Waals surface area contributed by atoms with Gasteiger partial charge in [0.05, 0.1) is 11.5 Å². The quantitative estimate of drug-likeness (QED) is 0.727. The molecule has 1 amide bonds. The van der Waals surface area contributed by atoms with E-state index in [2.05, 4.69) is 5.32 Å². The van der Waals surface area contributed by atoms with E-state index in [1.54, 1.807) is 0 Å². The third-order valence-corrected chi connectivity index (χ3v) is 5.65. The lowest BCUT2D eigenvalue weighted by Crippen LogP contribution is -2.41. The summed E-state index contributed by atoms with van der Waals surface area (Å²) in [5, 5.41) is 2.87. The fraction of sp³-hybridized carbons (Fsp3) is 0.909. The monoisotopic (exact) mass is 260 g/mol. The summed E-state index contributed by atoms with van der Waals surface area (Å²) in [5.41, 5.74) is 5.64. The van der Waals surface area contributed by atoms with E-state index >= 15 is 0 Å². The van der Waals surface area contributed by atoms with Crippen molar-refractivity contribution in [1.82, 2.24) is 5.32 Å². The largest absolute Gasteiger partial charge is 0.352 e. The van der Waals surface area contributed by atoms with E-state index in [1.165, 1.54) is 0 Å². The summed E-state index contributed by atoms with van der Waals surface area (Å²) in [7, 11) is -2.92. The molecule has 2 aliphatic rings. The number of sulfone groups is 1. The highest BCUT2D eigenvalue weighted by Gasteiger charge is 2.35. The Morgan fingerprint density at radius 1 is 1.29 bits per heavy atom. The number of hydrogen-bond donors (Lipinski definition) is 2. The maximum atomic E-state index is 12.0. The van der Waals surface area contributed by atoms with Crippen LogP contribution in [-0.4, -0.2) is 38.4 Å². The van der Waals surface area contributed by atoms with Gasteiger partial charge in [-0.1, -0.05) is 6.42 Å². The van der Waals surface area contributed by atoms with Crippen molar-refractivity contribution >= 4 is 15.7 Å². The molecule has 17 heavy (non-hydrogen) atoms. The lowest BCUT2D eigenvalue weighted by Gasteiger charge is -2.19. The molecule has 0 radical (unpaired) electrons. The minimum atomic E-state index is -2.92. The molecule has 5 nitrogen and oxygen atoms in total. The number of carbonyl (C=O) groups is 1. The van der Waals surface area contributed by atoms with Crippen LogP contribution < -0.4 is 11.1 Å². The van der Waals surface area contributed by atoms with E-state index in [0.29, 0.717) is 13.0 Å². The molecule has 0 aromatic carbocycles. The van der Waals surface area contributed by atoms with Crippen LogP contribution >= 0.6 is 0 Å². The fourth-order valence-corrected chi connectivity index (χ4v) is 4.55. The zero-order chi connectivity index (χ0) is 12.5. The summed E-state index contributed by atoms with van der Waals surface area (Å²) < 4.78 is 22.6. The molecule has 98 valence electrons. The highest BCUT2D eigenvalue weighted by atomic mass is 32.2. The van der Waals surface area contributed by atoms with Crippen molar-refractivity contribution in [2.45, 2.75) is 31.7 Å². The molecule has 3 N–H and O–H groups in total. The van der Waals surface area contributed by atoms with Gasteiger partial charge in [-0.15, -0.1) is 0 Å². The molecule has 6 heteroatoms. The van der Waals surface area contributed by atoms with Crippen molar-refractivity contribution < 1.29 is 13.2 Å². The van der Waals surface area contributed by atoms with E-state index in [0.717, 1.165) is 19.3 Å². The number of carbonyl (C=O) groups excluding carboxylic acids is 1. The molecule has 1 saturated heterocycles. The van der Waals surface area contributed by atoms with Crippen molar-refractivity contribution in [2.75, 3.05) is 18.1 Å². The average molecular weight is 260 g/mol. The Balaban J connectivity index is 1.89. The predicted molar refractivity (Wildman–Crippen MR) is 65.1 cm³/mol. The molecule has 2 rings (SSSR count). The van der Waals surface area contributed by atoms with Gasteiger partial charge < -0.3 is 11.1 Å². The third kappa shape index (κ3) is 2.98. The summed E-state index contributed by atoms with van der Waals surface area (Å²) in [6.07, 6.45) is 3.49. The second-order valence-corrected chi connectivity index (χ2v) is 7.37. The minimum absolute atomic E-state index is 0.0000463. The highest BCUT2D eigenvalue weighted by molar-refractivity contribution is 7.91. The molecule has 0 bridgehead atoms. The molecule has 1 heterocycles. The van der Waals surface area contributed by atoms with Gasteiger partial charge in [-0.25, -0.2) is 8.42 Å². The normalized spacial score (nSPS) is 35.9. The number of hydrogen-bond acceptors (Lipinski definition) is 4. The molecule has 0 spiro atoms. The van der Waals surface area contributed by atoms with Crippen LogP contribution in [0, 0.1) is 11.8 Å². The first-order valence-electron chi connectivity index (χ1n) is 6.22. The SMILES string of the molecule is NCC1CCCC1C(=O)NC1CCS(=O)(=O)C1. The third-order valence-electron chi connectivity index (χ3n) is 3.88. The van der Waals surface area contributed by atoms with Crippen molar-refractivity contribution in [3.63, 3.8) is 0 Å².